The van der Waals surface area contributed by atoms with Gasteiger partial charge in [0.2, 0.25) is 5.91 Å². The number of hydrogen-bond acceptors (Lipinski definition) is 6. The van der Waals surface area contributed by atoms with E-state index < -0.39 is 0 Å². The van der Waals surface area contributed by atoms with Crippen molar-refractivity contribution in [2.75, 3.05) is 18.4 Å². The van der Waals surface area contributed by atoms with Gasteiger partial charge < -0.3 is 10.2 Å². The van der Waals surface area contributed by atoms with Crippen LogP contribution in [0, 0.1) is 12.8 Å². The van der Waals surface area contributed by atoms with Crippen molar-refractivity contribution in [1.29, 1.82) is 0 Å². The molecule has 1 aliphatic carbocycles. The van der Waals surface area contributed by atoms with E-state index in [0.29, 0.717) is 5.91 Å². The monoisotopic (exact) mass is 385 g/mol. The number of carbonyl (C=O) groups is 1. The van der Waals surface area contributed by atoms with Crippen LogP contribution in [0.3, 0.4) is 0 Å². The van der Waals surface area contributed by atoms with E-state index in [2.05, 4.69) is 25.2 Å². The standard InChI is InChI=1S/C20H27N5OS/c1-14-11-21-20(27-14)24-18-10-17(22-13-23-18)16-8-5-9-25(12-16)19(26)15-6-3-2-4-7-15/h10-11,13,15-16H,2-9,12H2,1H3,(H,21,22,23,24). The molecule has 144 valence electrons. The average molecular weight is 386 g/mol. The Bertz CT molecular complexity index is 786. The number of carbonyl (C=O) groups excluding carboxylic acids is 1. The van der Waals surface area contributed by atoms with Crippen molar-refractivity contribution in [1.82, 2.24) is 19.9 Å². The number of piperidine rings is 1. The summed E-state index contributed by atoms with van der Waals surface area (Å²) in [6.45, 7) is 3.71. The molecule has 0 bridgehead atoms. The molecule has 6 nitrogen and oxygen atoms in total. The van der Waals surface area contributed by atoms with Crippen molar-refractivity contribution < 1.29 is 4.79 Å². The third-order valence-corrected chi connectivity index (χ3v) is 6.48. The van der Waals surface area contributed by atoms with Crippen molar-refractivity contribution in [3.63, 3.8) is 0 Å². The topological polar surface area (TPSA) is 71.0 Å². The minimum absolute atomic E-state index is 0.244. The van der Waals surface area contributed by atoms with Crippen molar-refractivity contribution in [3.05, 3.63) is 29.2 Å². The third kappa shape index (κ3) is 4.46. The molecule has 1 atom stereocenters. The minimum atomic E-state index is 0.244. The van der Waals surface area contributed by atoms with Gasteiger partial charge in [0.25, 0.3) is 0 Å². The Balaban J connectivity index is 1.43. The van der Waals surface area contributed by atoms with Crippen LogP contribution in [-0.4, -0.2) is 38.8 Å². The molecule has 0 aromatic carbocycles. The number of hydrogen-bond donors (Lipinski definition) is 1. The highest BCUT2D eigenvalue weighted by atomic mass is 32.1. The fourth-order valence-corrected chi connectivity index (χ4v) is 4.88. The van der Waals surface area contributed by atoms with E-state index in [0.717, 1.165) is 60.3 Å². The van der Waals surface area contributed by atoms with Crippen LogP contribution in [0.1, 0.15) is 61.4 Å². The molecule has 7 heteroatoms. The molecular weight excluding hydrogens is 358 g/mol. The Morgan fingerprint density at radius 2 is 2.00 bits per heavy atom. The molecule has 1 N–H and O–H groups in total. The van der Waals surface area contributed by atoms with E-state index in [-0.39, 0.29) is 11.8 Å². The number of aryl methyl sites for hydroxylation is 1. The van der Waals surface area contributed by atoms with Crippen molar-refractivity contribution in [3.8, 4) is 0 Å². The predicted molar refractivity (Wildman–Crippen MR) is 107 cm³/mol. The summed E-state index contributed by atoms with van der Waals surface area (Å²) in [5.41, 5.74) is 1.02. The average Bonchev–Trinajstić information content (AvgIpc) is 3.13. The lowest BCUT2D eigenvalue weighted by atomic mass is 9.87. The van der Waals surface area contributed by atoms with Gasteiger partial charge in [-0.25, -0.2) is 15.0 Å². The molecule has 2 fully saturated rings. The summed E-state index contributed by atoms with van der Waals surface area (Å²) in [7, 11) is 0. The molecule has 2 aromatic heterocycles. The van der Waals surface area contributed by atoms with Gasteiger partial charge in [-0.05, 0) is 32.6 Å². The Morgan fingerprint density at radius 1 is 1.15 bits per heavy atom. The highest BCUT2D eigenvalue weighted by Gasteiger charge is 2.30. The largest absolute Gasteiger partial charge is 0.342 e. The first kappa shape index (κ1) is 18.3. The molecule has 0 radical (unpaired) electrons. The summed E-state index contributed by atoms with van der Waals surface area (Å²) in [6.07, 6.45) is 11.4. The van der Waals surface area contributed by atoms with E-state index >= 15 is 0 Å². The number of likely N-dealkylation sites (tertiary alicyclic amines) is 1. The van der Waals surface area contributed by atoms with Gasteiger partial charge in [0.1, 0.15) is 12.1 Å². The van der Waals surface area contributed by atoms with E-state index in [1.54, 1.807) is 17.7 Å². The van der Waals surface area contributed by atoms with Gasteiger partial charge in [0.05, 0.1) is 5.69 Å². The smallest absolute Gasteiger partial charge is 0.225 e. The van der Waals surface area contributed by atoms with Gasteiger partial charge in [-0.2, -0.15) is 0 Å². The van der Waals surface area contributed by atoms with Gasteiger partial charge in [-0.1, -0.05) is 19.3 Å². The van der Waals surface area contributed by atoms with Crippen LogP contribution in [-0.2, 0) is 4.79 Å². The lowest BCUT2D eigenvalue weighted by Gasteiger charge is -2.35. The summed E-state index contributed by atoms with van der Waals surface area (Å²) < 4.78 is 0. The summed E-state index contributed by atoms with van der Waals surface area (Å²) in [6, 6.07) is 2.01. The van der Waals surface area contributed by atoms with E-state index in [1.807, 2.05) is 19.2 Å². The number of nitrogens with one attached hydrogen (secondary N) is 1. The summed E-state index contributed by atoms with van der Waals surface area (Å²) in [4.78, 5) is 29.3. The number of thiazole rings is 1. The first-order valence-corrected chi connectivity index (χ1v) is 10.8. The number of anilines is 2. The molecular formula is C20H27N5OS. The van der Waals surface area contributed by atoms with Crippen LogP contribution in [0.5, 0.6) is 0 Å². The molecule has 1 unspecified atom stereocenters. The maximum absolute atomic E-state index is 12.9. The SMILES string of the molecule is Cc1cnc(Nc2cc(C3CCCN(C(=O)C4CCCCC4)C3)ncn2)s1. The van der Waals surface area contributed by atoms with Gasteiger partial charge in [-0.3, -0.25) is 4.79 Å². The van der Waals surface area contributed by atoms with Gasteiger partial charge >= 0.3 is 0 Å². The van der Waals surface area contributed by atoms with E-state index in [1.165, 1.54) is 19.3 Å². The van der Waals surface area contributed by atoms with Crippen LogP contribution < -0.4 is 5.32 Å². The third-order valence-electron chi connectivity index (χ3n) is 5.65. The highest BCUT2D eigenvalue weighted by molar-refractivity contribution is 7.15. The summed E-state index contributed by atoms with van der Waals surface area (Å²) in [5, 5.41) is 4.11. The molecule has 1 amide bonds. The zero-order valence-electron chi connectivity index (χ0n) is 15.9. The second kappa shape index (κ2) is 8.33. The zero-order chi connectivity index (χ0) is 18.6. The molecule has 0 spiro atoms. The molecule has 2 aliphatic rings. The minimum Gasteiger partial charge on any atom is -0.342 e. The van der Waals surface area contributed by atoms with E-state index in [9.17, 15) is 4.79 Å². The molecule has 2 aromatic rings. The zero-order valence-corrected chi connectivity index (χ0v) is 16.7. The highest BCUT2D eigenvalue weighted by Crippen LogP contribution is 2.31. The number of rotatable bonds is 4. The molecule has 3 heterocycles. The molecule has 1 aliphatic heterocycles. The number of amides is 1. The Morgan fingerprint density at radius 3 is 2.78 bits per heavy atom. The second-order valence-corrected chi connectivity index (χ2v) is 8.92. The lowest BCUT2D eigenvalue weighted by molar-refractivity contribution is -0.137. The Kier molecular flexibility index (Phi) is 5.66. The van der Waals surface area contributed by atoms with E-state index in [4.69, 9.17) is 0 Å². The second-order valence-electron chi connectivity index (χ2n) is 7.69. The summed E-state index contributed by atoms with van der Waals surface area (Å²) >= 11 is 1.61. The molecule has 27 heavy (non-hydrogen) atoms. The van der Waals surface area contributed by atoms with Crippen LogP contribution in [0.2, 0.25) is 0 Å². The van der Waals surface area contributed by atoms with Crippen LogP contribution >= 0.6 is 11.3 Å². The van der Waals surface area contributed by atoms with Gasteiger partial charge in [0, 0.05) is 42.1 Å². The van der Waals surface area contributed by atoms with Crippen LogP contribution in [0.25, 0.3) is 0 Å². The molecule has 4 rings (SSSR count). The fourth-order valence-electron chi connectivity index (χ4n) is 4.21. The van der Waals surface area contributed by atoms with Crippen molar-refractivity contribution in [2.24, 2.45) is 5.92 Å². The van der Waals surface area contributed by atoms with Crippen molar-refractivity contribution in [2.45, 2.75) is 57.8 Å². The number of nitrogens with zero attached hydrogens (tertiary/aromatic N) is 4. The first-order valence-electron chi connectivity index (χ1n) is 9.99. The van der Waals surface area contributed by atoms with Crippen molar-refractivity contribution >= 4 is 28.2 Å². The maximum Gasteiger partial charge on any atom is 0.225 e. The normalized spacial score (nSPS) is 21.2. The fraction of sp³-hybridized carbons (Fsp3) is 0.600. The maximum atomic E-state index is 12.9. The Labute approximate surface area is 164 Å². The molecule has 1 saturated carbocycles. The number of aromatic nitrogens is 3. The van der Waals surface area contributed by atoms with Crippen LogP contribution in [0.4, 0.5) is 10.9 Å². The predicted octanol–water partition coefficient (Wildman–Crippen LogP) is 4.27. The van der Waals surface area contributed by atoms with Gasteiger partial charge in [-0.15, -0.1) is 11.3 Å². The lowest BCUT2D eigenvalue weighted by Crippen LogP contribution is -2.43. The Hall–Kier alpha value is -2.02. The quantitative estimate of drug-likeness (QED) is 0.851. The van der Waals surface area contributed by atoms with Gasteiger partial charge in [0.15, 0.2) is 5.13 Å². The molecule has 1 saturated heterocycles. The van der Waals surface area contributed by atoms with Crippen LogP contribution in [0.15, 0.2) is 18.6 Å². The first-order chi connectivity index (χ1) is 13.2. The summed E-state index contributed by atoms with van der Waals surface area (Å²) in [5.74, 6) is 1.66.